The Balaban J connectivity index is 0.000000219. The van der Waals surface area contributed by atoms with Crippen LogP contribution in [0, 0.1) is 6.92 Å². The third-order valence-electron chi connectivity index (χ3n) is 2.58. The number of aromatic hydroxyl groups is 1. The average molecular weight is 311 g/mol. The van der Waals surface area contributed by atoms with Crippen molar-refractivity contribution in [1.29, 1.82) is 0 Å². The van der Waals surface area contributed by atoms with Gasteiger partial charge < -0.3 is 14.8 Å². The van der Waals surface area contributed by atoms with Crippen molar-refractivity contribution >= 4 is 10.1 Å². The standard InChI is InChI=1S/C7H10NO.C7H8O4S/c9-7-6-8-4-2-1-3-5-8;1-5-2-3-6(8)4-7(5)12(9,10)11/h1-5,9H,6-7H2;2-4,8H,1H3,(H,9,10,11)/q+1;/p-1. The fraction of sp³-hybridized carbons (Fsp3) is 0.214. The molecular weight excluding hydrogens is 294 g/mol. The summed E-state index contributed by atoms with van der Waals surface area (Å²) >= 11 is 0. The minimum absolute atomic E-state index is 0.203. The molecule has 6 nitrogen and oxygen atoms in total. The third kappa shape index (κ3) is 5.90. The Morgan fingerprint density at radius 2 is 1.81 bits per heavy atom. The summed E-state index contributed by atoms with van der Waals surface area (Å²) in [6.45, 7) is 2.37. The highest BCUT2D eigenvalue weighted by molar-refractivity contribution is 7.85. The van der Waals surface area contributed by atoms with Crippen molar-refractivity contribution < 1.29 is 27.8 Å². The maximum atomic E-state index is 10.5. The largest absolute Gasteiger partial charge is 0.744 e. The molecule has 114 valence electrons. The van der Waals surface area contributed by atoms with Gasteiger partial charge in [0.2, 0.25) is 0 Å². The Labute approximate surface area is 123 Å². The van der Waals surface area contributed by atoms with Gasteiger partial charge in [-0.15, -0.1) is 0 Å². The first-order valence-electron chi connectivity index (χ1n) is 6.15. The molecule has 1 heterocycles. The van der Waals surface area contributed by atoms with E-state index in [1.807, 2.05) is 35.2 Å². The lowest BCUT2D eigenvalue weighted by Gasteiger charge is -2.09. The molecular formula is C14H17NO5S. The summed E-state index contributed by atoms with van der Waals surface area (Å²) in [6, 6.07) is 9.47. The predicted octanol–water partition coefficient (Wildman–Crippen LogP) is 0.571. The Morgan fingerprint density at radius 3 is 2.29 bits per heavy atom. The number of pyridine rings is 1. The van der Waals surface area contributed by atoms with Crippen LogP contribution in [0.2, 0.25) is 0 Å². The minimum Gasteiger partial charge on any atom is -0.744 e. The molecule has 0 aliphatic carbocycles. The van der Waals surface area contributed by atoms with E-state index in [2.05, 4.69) is 0 Å². The Kier molecular flexibility index (Phi) is 6.29. The molecule has 7 heteroatoms. The molecule has 0 aliphatic heterocycles. The van der Waals surface area contributed by atoms with E-state index in [1.54, 1.807) is 0 Å². The first-order chi connectivity index (χ1) is 9.84. The van der Waals surface area contributed by atoms with E-state index in [0.29, 0.717) is 12.1 Å². The molecule has 0 spiro atoms. The second-order valence-corrected chi connectivity index (χ2v) is 5.59. The number of aliphatic hydroxyl groups is 1. The van der Waals surface area contributed by atoms with Crippen molar-refractivity contribution in [2.24, 2.45) is 0 Å². The van der Waals surface area contributed by atoms with E-state index in [-0.39, 0.29) is 17.3 Å². The van der Waals surface area contributed by atoms with E-state index in [0.717, 1.165) is 6.07 Å². The van der Waals surface area contributed by atoms with Crippen LogP contribution in [0.1, 0.15) is 5.56 Å². The highest BCUT2D eigenvalue weighted by atomic mass is 32.2. The molecule has 0 saturated carbocycles. The SMILES string of the molecule is Cc1ccc(O)cc1S(=O)(=O)[O-].OCC[n+]1ccccc1. The summed E-state index contributed by atoms with van der Waals surface area (Å²) in [5, 5.41) is 17.4. The monoisotopic (exact) mass is 311 g/mol. The molecule has 0 aliphatic rings. The Morgan fingerprint density at radius 1 is 1.19 bits per heavy atom. The lowest BCUT2D eigenvalue weighted by atomic mass is 10.2. The van der Waals surface area contributed by atoms with Crippen LogP contribution in [-0.4, -0.2) is 29.8 Å². The van der Waals surface area contributed by atoms with Gasteiger partial charge in [0.05, 0.1) is 4.90 Å². The zero-order chi connectivity index (χ0) is 15.9. The molecule has 1 aromatic carbocycles. The van der Waals surface area contributed by atoms with Crippen molar-refractivity contribution in [3.05, 3.63) is 54.4 Å². The van der Waals surface area contributed by atoms with Gasteiger partial charge in [-0.3, -0.25) is 0 Å². The third-order valence-corrected chi connectivity index (χ3v) is 3.56. The topological polar surface area (TPSA) is 102 Å². The molecule has 0 amide bonds. The maximum absolute atomic E-state index is 10.5. The quantitative estimate of drug-likeness (QED) is 0.637. The van der Waals surface area contributed by atoms with Gasteiger partial charge in [-0.25, -0.2) is 13.0 Å². The van der Waals surface area contributed by atoms with Gasteiger partial charge in [-0.1, -0.05) is 12.1 Å². The zero-order valence-corrected chi connectivity index (χ0v) is 12.3. The normalized spacial score (nSPS) is 10.6. The summed E-state index contributed by atoms with van der Waals surface area (Å²) < 4.78 is 33.5. The molecule has 2 rings (SSSR count). The number of aryl methyl sites for hydroxylation is 1. The highest BCUT2D eigenvalue weighted by Gasteiger charge is 2.05. The number of phenolic OH excluding ortho intramolecular Hbond substituents is 1. The van der Waals surface area contributed by atoms with E-state index >= 15 is 0 Å². The number of nitrogens with zero attached hydrogens (tertiary/aromatic N) is 1. The van der Waals surface area contributed by atoms with Gasteiger partial charge in [0.25, 0.3) is 0 Å². The minimum atomic E-state index is -4.47. The molecule has 0 radical (unpaired) electrons. The van der Waals surface area contributed by atoms with Gasteiger partial charge in [-0.2, -0.15) is 0 Å². The predicted molar refractivity (Wildman–Crippen MR) is 74.5 cm³/mol. The highest BCUT2D eigenvalue weighted by Crippen LogP contribution is 2.19. The fourth-order valence-corrected chi connectivity index (χ4v) is 2.28. The van der Waals surface area contributed by atoms with Crippen LogP contribution in [0.4, 0.5) is 0 Å². The summed E-state index contributed by atoms with van der Waals surface area (Å²) in [4.78, 5) is -0.373. The van der Waals surface area contributed by atoms with Crippen LogP contribution >= 0.6 is 0 Å². The number of phenols is 1. The molecule has 0 saturated heterocycles. The number of hydrogen-bond donors (Lipinski definition) is 2. The van der Waals surface area contributed by atoms with E-state index in [4.69, 9.17) is 10.2 Å². The van der Waals surface area contributed by atoms with E-state index < -0.39 is 10.1 Å². The van der Waals surface area contributed by atoms with E-state index in [1.165, 1.54) is 19.1 Å². The van der Waals surface area contributed by atoms with Gasteiger partial charge >= 0.3 is 0 Å². The van der Waals surface area contributed by atoms with Crippen molar-refractivity contribution in [3.63, 3.8) is 0 Å². The van der Waals surface area contributed by atoms with Crippen molar-refractivity contribution in [1.82, 2.24) is 0 Å². The summed E-state index contributed by atoms with van der Waals surface area (Å²) in [5.74, 6) is -0.227. The maximum Gasteiger partial charge on any atom is 0.171 e. The molecule has 0 bridgehead atoms. The second-order valence-electron chi connectivity index (χ2n) is 4.24. The zero-order valence-electron chi connectivity index (χ0n) is 11.5. The van der Waals surface area contributed by atoms with Gasteiger partial charge in [0.15, 0.2) is 18.9 Å². The molecule has 0 fully saturated rings. The van der Waals surface area contributed by atoms with Crippen LogP contribution in [0.5, 0.6) is 5.75 Å². The van der Waals surface area contributed by atoms with Crippen LogP contribution in [0.15, 0.2) is 53.7 Å². The summed E-state index contributed by atoms with van der Waals surface area (Å²) in [7, 11) is -4.47. The summed E-state index contributed by atoms with van der Waals surface area (Å²) in [6.07, 6.45) is 3.85. The molecule has 0 unspecified atom stereocenters. The smallest absolute Gasteiger partial charge is 0.171 e. The second kappa shape index (κ2) is 7.72. The molecule has 2 aromatic rings. The number of benzene rings is 1. The first-order valence-corrected chi connectivity index (χ1v) is 7.56. The van der Waals surface area contributed by atoms with Crippen molar-refractivity contribution in [2.45, 2.75) is 18.4 Å². The van der Waals surface area contributed by atoms with Crippen molar-refractivity contribution in [3.8, 4) is 5.75 Å². The molecule has 21 heavy (non-hydrogen) atoms. The van der Waals surface area contributed by atoms with Gasteiger partial charge in [-0.05, 0) is 24.6 Å². The number of rotatable bonds is 3. The lowest BCUT2D eigenvalue weighted by molar-refractivity contribution is -0.698. The summed E-state index contributed by atoms with van der Waals surface area (Å²) in [5.41, 5.74) is 0.336. The van der Waals surface area contributed by atoms with Gasteiger partial charge in [0, 0.05) is 12.1 Å². The number of hydrogen-bond acceptors (Lipinski definition) is 5. The first kappa shape index (κ1) is 17.1. The molecule has 1 aromatic heterocycles. The van der Waals surface area contributed by atoms with Crippen LogP contribution in [0.3, 0.4) is 0 Å². The lowest BCUT2D eigenvalue weighted by Crippen LogP contribution is -2.33. The van der Waals surface area contributed by atoms with Crippen LogP contribution < -0.4 is 4.57 Å². The Bertz CT molecular complexity index is 671. The Hall–Kier alpha value is -1.96. The van der Waals surface area contributed by atoms with Crippen LogP contribution in [0.25, 0.3) is 0 Å². The average Bonchev–Trinajstić information content (AvgIpc) is 2.43. The molecule has 2 N–H and O–H groups in total. The van der Waals surface area contributed by atoms with Crippen molar-refractivity contribution in [2.75, 3.05) is 6.61 Å². The van der Waals surface area contributed by atoms with Crippen LogP contribution in [-0.2, 0) is 16.7 Å². The number of aliphatic hydroxyl groups excluding tert-OH is 1. The fourth-order valence-electron chi connectivity index (χ4n) is 1.56. The number of aromatic nitrogens is 1. The van der Waals surface area contributed by atoms with E-state index in [9.17, 15) is 13.0 Å². The van der Waals surface area contributed by atoms with Gasteiger partial charge in [0.1, 0.15) is 22.5 Å². The molecule has 0 atom stereocenters.